The van der Waals surface area contributed by atoms with Gasteiger partial charge in [0.05, 0.1) is 15.7 Å². The van der Waals surface area contributed by atoms with Gasteiger partial charge in [0, 0.05) is 50.2 Å². The van der Waals surface area contributed by atoms with Crippen LogP contribution in [-0.2, 0) is 13.1 Å². The molecule has 140 valence electrons. The fourth-order valence-electron chi connectivity index (χ4n) is 3.32. The third-order valence-corrected chi connectivity index (χ3v) is 6.49. The molecule has 0 amide bonds. The highest BCUT2D eigenvalue weighted by Crippen LogP contribution is 2.25. The Hall–Kier alpha value is -1.43. The van der Waals surface area contributed by atoms with Crippen molar-refractivity contribution in [3.05, 3.63) is 75.2 Å². The summed E-state index contributed by atoms with van der Waals surface area (Å²) >= 11 is 13.9. The fraction of sp³-hybridized carbons (Fsp3) is 0.286. The van der Waals surface area contributed by atoms with E-state index < -0.39 is 0 Å². The van der Waals surface area contributed by atoms with Crippen molar-refractivity contribution in [3.63, 3.8) is 0 Å². The zero-order valence-electron chi connectivity index (χ0n) is 14.9. The minimum atomic E-state index is 0.614. The van der Waals surface area contributed by atoms with Gasteiger partial charge >= 0.3 is 0 Å². The lowest BCUT2D eigenvalue weighted by atomic mass is 10.2. The van der Waals surface area contributed by atoms with Crippen molar-refractivity contribution < 1.29 is 0 Å². The molecule has 1 saturated heterocycles. The average Bonchev–Trinajstić information content (AvgIpc) is 3.16. The van der Waals surface area contributed by atoms with E-state index in [4.69, 9.17) is 28.2 Å². The van der Waals surface area contributed by atoms with Crippen LogP contribution < -0.4 is 0 Å². The average molecular weight is 418 g/mol. The molecule has 2 heterocycles. The predicted molar refractivity (Wildman–Crippen MR) is 115 cm³/mol. The number of hydrogen-bond acceptors (Lipinski definition) is 4. The molecular formula is C21H21Cl2N3S. The number of rotatable bonds is 5. The first-order chi connectivity index (χ1) is 13.2. The van der Waals surface area contributed by atoms with E-state index in [1.807, 2.05) is 18.2 Å². The van der Waals surface area contributed by atoms with Crippen LogP contribution in [0.4, 0.5) is 0 Å². The number of piperazine rings is 1. The molecule has 27 heavy (non-hydrogen) atoms. The van der Waals surface area contributed by atoms with Crippen LogP contribution in [0.25, 0.3) is 10.6 Å². The molecule has 1 aromatic heterocycles. The molecule has 1 aliphatic heterocycles. The van der Waals surface area contributed by atoms with Gasteiger partial charge in [0.25, 0.3) is 0 Å². The van der Waals surface area contributed by atoms with E-state index in [1.165, 1.54) is 11.1 Å². The molecule has 0 atom stereocenters. The Labute approximate surface area is 174 Å². The van der Waals surface area contributed by atoms with Gasteiger partial charge in [0.2, 0.25) is 0 Å². The van der Waals surface area contributed by atoms with Crippen LogP contribution in [0.1, 0.15) is 11.3 Å². The van der Waals surface area contributed by atoms with E-state index in [0.29, 0.717) is 10.0 Å². The Morgan fingerprint density at radius 2 is 1.56 bits per heavy atom. The van der Waals surface area contributed by atoms with E-state index in [1.54, 1.807) is 11.3 Å². The minimum absolute atomic E-state index is 0.614. The molecule has 3 nitrogen and oxygen atoms in total. The summed E-state index contributed by atoms with van der Waals surface area (Å²) in [6, 6.07) is 16.3. The molecule has 2 aromatic carbocycles. The third-order valence-electron chi connectivity index (χ3n) is 4.81. The summed E-state index contributed by atoms with van der Waals surface area (Å²) < 4.78 is 0. The predicted octanol–water partition coefficient (Wildman–Crippen LogP) is 5.43. The van der Waals surface area contributed by atoms with Gasteiger partial charge in [-0.05, 0) is 17.7 Å². The molecule has 0 radical (unpaired) electrons. The van der Waals surface area contributed by atoms with E-state index in [-0.39, 0.29) is 0 Å². The number of hydrogen-bond donors (Lipinski definition) is 0. The maximum absolute atomic E-state index is 6.13. The van der Waals surface area contributed by atoms with Gasteiger partial charge in [-0.25, -0.2) is 4.98 Å². The molecule has 0 aliphatic carbocycles. The van der Waals surface area contributed by atoms with Gasteiger partial charge in [0.15, 0.2) is 0 Å². The van der Waals surface area contributed by atoms with E-state index in [2.05, 4.69) is 45.5 Å². The first kappa shape index (κ1) is 18.9. The van der Waals surface area contributed by atoms with Crippen molar-refractivity contribution in [1.29, 1.82) is 0 Å². The first-order valence-electron chi connectivity index (χ1n) is 9.06. The quantitative estimate of drug-likeness (QED) is 0.551. The Morgan fingerprint density at radius 3 is 2.26 bits per heavy atom. The summed E-state index contributed by atoms with van der Waals surface area (Å²) in [4.78, 5) is 9.76. The van der Waals surface area contributed by atoms with Crippen LogP contribution in [0.2, 0.25) is 10.0 Å². The Morgan fingerprint density at radius 1 is 0.852 bits per heavy atom. The maximum Gasteiger partial charge on any atom is 0.123 e. The fourth-order valence-corrected chi connectivity index (χ4v) is 4.46. The molecule has 1 fully saturated rings. The van der Waals surface area contributed by atoms with Crippen LogP contribution in [0.15, 0.2) is 53.9 Å². The van der Waals surface area contributed by atoms with Crippen molar-refractivity contribution in [2.24, 2.45) is 0 Å². The standard InChI is InChI=1S/C21H21Cl2N3S/c22-19-7-6-16(12-20(19)23)13-25-8-10-26(11-9-25)14-18-15-27-21(24-18)17-4-2-1-3-5-17/h1-7,12,15H,8-11,13-14H2. The summed E-state index contributed by atoms with van der Waals surface area (Å²) in [7, 11) is 0. The van der Waals surface area contributed by atoms with Crippen LogP contribution in [0.5, 0.6) is 0 Å². The molecule has 3 aromatic rings. The number of thiazole rings is 1. The van der Waals surface area contributed by atoms with Crippen molar-refractivity contribution in [2.75, 3.05) is 26.2 Å². The smallest absolute Gasteiger partial charge is 0.123 e. The van der Waals surface area contributed by atoms with Gasteiger partial charge in [-0.2, -0.15) is 0 Å². The monoisotopic (exact) mass is 417 g/mol. The summed E-state index contributed by atoms with van der Waals surface area (Å²) in [6.45, 7) is 6.05. The number of benzene rings is 2. The highest BCUT2D eigenvalue weighted by Gasteiger charge is 2.18. The second kappa shape index (κ2) is 8.72. The zero-order valence-corrected chi connectivity index (χ0v) is 17.3. The topological polar surface area (TPSA) is 19.4 Å². The van der Waals surface area contributed by atoms with Crippen LogP contribution in [0.3, 0.4) is 0 Å². The summed E-state index contributed by atoms with van der Waals surface area (Å²) in [5.74, 6) is 0. The van der Waals surface area contributed by atoms with Crippen LogP contribution in [-0.4, -0.2) is 41.0 Å². The van der Waals surface area contributed by atoms with Crippen LogP contribution >= 0.6 is 34.5 Å². The summed E-state index contributed by atoms with van der Waals surface area (Å²) in [6.07, 6.45) is 0. The van der Waals surface area contributed by atoms with E-state index >= 15 is 0 Å². The minimum Gasteiger partial charge on any atom is -0.297 e. The first-order valence-corrected chi connectivity index (χ1v) is 10.7. The second-order valence-corrected chi connectivity index (χ2v) is 8.48. The molecule has 1 aliphatic rings. The zero-order chi connectivity index (χ0) is 18.6. The van der Waals surface area contributed by atoms with Crippen molar-refractivity contribution in [3.8, 4) is 10.6 Å². The number of aromatic nitrogens is 1. The highest BCUT2D eigenvalue weighted by atomic mass is 35.5. The maximum atomic E-state index is 6.13. The van der Waals surface area contributed by atoms with Crippen LogP contribution in [0, 0.1) is 0 Å². The lowest BCUT2D eigenvalue weighted by Gasteiger charge is -2.34. The lowest BCUT2D eigenvalue weighted by Crippen LogP contribution is -2.45. The molecule has 0 bridgehead atoms. The molecule has 0 spiro atoms. The van der Waals surface area contributed by atoms with Crippen molar-refractivity contribution in [1.82, 2.24) is 14.8 Å². The van der Waals surface area contributed by atoms with Gasteiger partial charge in [-0.1, -0.05) is 59.6 Å². The Bertz CT molecular complexity index is 889. The molecule has 0 saturated carbocycles. The Balaban J connectivity index is 1.29. The molecule has 4 rings (SSSR count). The SMILES string of the molecule is Clc1ccc(CN2CCN(Cc3csc(-c4ccccc4)n3)CC2)cc1Cl. The third kappa shape index (κ3) is 4.89. The van der Waals surface area contributed by atoms with E-state index in [0.717, 1.165) is 50.0 Å². The molecule has 0 unspecified atom stereocenters. The number of halogens is 2. The summed E-state index contributed by atoms with van der Waals surface area (Å²) in [5, 5.41) is 4.53. The van der Waals surface area contributed by atoms with Gasteiger partial charge < -0.3 is 0 Å². The molecule has 6 heteroatoms. The van der Waals surface area contributed by atoms with Crippen molar-refractivity contribution in [2.45, 2.75) is 13.1 Å². The van der Waals surface area contributed by atoms with E-state index in [9.17, 15) is 0 Å². The Kier molecular flexibility index (Phi) is 6.11. The number of nitrogens with zero attached hydrogens (tertiary/aromatic N) is 3. The van der Waals surface area contributed by atoms with Gasteiger partial charge in [-0.15, -0.1) is 11.3 Å². The largest absolute Gasteiger partial charge is 0.297 e. The van der Waals surface area contributed by atoms with Gasteiger partial charge in [-0.3, -0.25) is 9.80 Å². The lowest BCUT2D eigenvalue weighted by molar-refractivity contribution is 0.121. The van der Waals surface area contributed by atoms with Crippen molar-refractivity contribution >= 4 is 34.5 Å². The highest BCUT2D eigenvalue weighted by molar-refractivity contribution is 7.13. The normalized spacial score (nSPS) is 15.9. The molecular weight excluding hydrogens is 397 g/mol. The summed E-state index contributed by atoms with van der Waals surface area (Å²) in [5.41, 5.74) is 3.57. The van der Waals surface area contributed by atoms with Gasteiger partial charge in [0.1, 0.15) is 5.01 Å². The second-order valence-electron chi connectivity index (χ2n) is 6.81. The molecule has 0 N–H and O–H groups in total.